The predicted molar refractivity (Wildman–Crippen MR) is 108 cm³/mol. The molecule has 0 amide bonds. The van der Waals surface area contributed by atoms with Crippen molar-refractivity contribution in [3.8, 4) is 40.3 Å². The van der Waals surface area contributed by atoms with Crippen LogP contribution >= 0.6 is 0 Å². The molecule has 0 fully saturated rings. The van der Waals surface area contributed by atoms with E-state index in [1.54, 1.807) is 31.3 Å². The van der Waals surface area contributed by atoms with Crippen molar-refractivity contribution in [3.05, 3.63) is 65.4 Å². The monoisotopic (exact) mass is 385 g/mol. The van der Waals surface area contributed by atoms with Crippen LogP contribution in [0.2, 0.25) is 0 Å². The molecule has 6 nitrogen and oxygen atoms in total. The molecular formula is C23H19N3O3. The largest absolute Gasteiger partial charge is 0.478 e. The lowest BCUT2D eigenvalue weighted by Gasteiger charge is -2.07. The molecule has 0 unspecified atom stereocenters. The molecule has 6 heteroatoms. The number of aromatic nitrogens is 1. The predicted octanol–water partition coefficient (Wildman–Crippen LogP) is 4.59. The lowest BCUT2D eigenvalue weighted by atomic mass is 9.96. The summed E-state index contributed by atoms with van der Waals surface area (Å²) >= 11 is 0. The lowest BCUT2D eigenvalue weighted by molar-refractivity contribution is 0.0686. The number of hydrogen-bond donors (Lipinski definition) is 1. The third-order valence-electron chi connectivity index (χ3n) is 4.63. The van der Waals surface area contributed by atoms with Crippen LogP contribution in [0.5, 0.6) is 5.88 Å². The van der Waals surface area contributed by atoms with Crippen molar-refractivity contribution in [3.63, 3.8) is 0 Å². The number of nitrogens with zero attached hydrogens (tertiary/aromatic N) is 3. The van der Waals surface area contributed by atoms with E-state index in [1.807, 2.05) is 31.2 Å². The van der Waals surface area contributed by atoms with Gasteiger partial charge in [-0.1, -0.05) is 49.4 Å². The Labute approximate surface area is 168 Å². The zero-order chi connectivity index (χ0) is 21.0. The molecule has 0 spiro atoms. The minimum absolute atomic E-state index is 0.00201. The third-order valence-corrected chi connectivity index (χ3v) is 4.63. The van der Waals surface area contributed by atoms with Crippen molar-refractivity contribution in [2.24, 2.45) is 7.05 Å². The smallest absolute Gasteiger partial charge is 0.353 e. The van der Waals surface area contributed by atoms with Crippen LogP contribution in [0.1, 0.15) is 35.0 Å². The fourth-order valence-corrected chi connectivity index (χ4v) is 3.31. The molecule has 2 aromatic carbocycles. The highest BCUT2D eigenvalue weighted by Gasteiger charge is 2.27. The average molecular weight is 385 g/mol. The van der Waals surface area contributed by atoms with Gasteiger partial charge in [-0.15, -0.1) is 0 Å². The van der Waals surface area contributed by atoms with Gasteiger partial charge in [-0.25, -0.2) is 4.79 Å². The molecule has 3 rings (SSSR count). The van der Waals surface area contributed by atoms with Gasteiger partial charge in [0.15, 0.2) is 0 Å². The van der Waals surface area contributed by atoms with Crippen molar-refractivity contribution < 1.29 is 14.6 Å². The highest BCUT2D eigenvalue weighted by atomic mass is 16.5. The van der Waals surface area contributed by atoms with Crippen LogP contribution in [-0.4, -0.2) is 22.2 Å². The minimum Gasteiger partial charge on any atom is -0.478 e. The van der Waals surface area contributed by atoms with E-state index in [0.29, 0.717) is 23.3 Å². The number of nitriles is 2. The SMILES string of the molecule is CCCOc1c(C#N)c(-c2ccc(-c3ccccc3C#N)cc2)c(C(=O)O)n1C. The maximum Gasteiger partial charge on any atom is 0.353 e. The number of carboxylic acids is 1. The number of benzene rings is 2. The molecular weight excluding hydrogens is 366 g/mol. The molecule has 0 radical (unpaired) electrons. The van der Waals surface area contributed by atoms with Crippen LogP contribution in [-0.2, 0) is 7.05 Å². The Hall–Kier alpha value is -4.03. The number of rotatable bonds is 6. The average Bonchev–Trinajstić information content (AvgIpc) is 3.03. The first-order valence-electron chi connectivity index (χ1n) is 9.12. The quantitative estimate of drug-likeness (QED) is 0.669. The van der Waals surface area contributed by atoms with E-state index >= 15 is 0 Å². The number of carbonyl (C=O) groups is 1. The first-order chi connectivity index (χ1) is 14.0. The summed E-state index contributed by atoms with van der Waals surface area (Å²) in [6.45, 7) is 2.32. The van der Waals surface area contributed by atoms with E-state index in [0.717, 1.165) is 17.5 Å². The maximum absolute atomic E-state index is 11.9. The molecule has 0 bridgehead atoms. The molecule has 1 heterocycles. The number of ether oxygens (including phenoxy) is 1. The van der Waals surface area contributed by atoms with Gasteiger partial charge in [-0.2, -0.15) is 10.5 Å². The molecule has 3 aromatic rings. The minimum atomic E-state index is -1.13. The highest BCUT2D eigenvalue weighted by molar-refractivity contribution is 5.98. The van der Waals surface area contributed by atoms with Crippen molar-refractivity contribution >= 4 is 5.97 Å². The van der Waals surface area contributed by atoms with Gasteiger partial charge in [0.25, 0.3) is 0 Å². The topological polar surface area (TPSA) is 99.0 Å². The summed E-state index contributed by atoms with van der Waals surface area (Å²) in [7, 11) is 1.58. The van der Waals surface area contributed by atoms with Crippen LogP contribution in [0.4, 0.5) is 0 Å². The molecule has 0 saturated heterocycles. The summed E-state index contributed by atoms with van der Waals surface area (Å²) in [5.74, 6) is -0.884. The first-order valence-corrected chi connectivity index (χ1v) is 9.12. The Morgan fingerprint density at radius 3 is 2.31 bits per heavy atom. The van der Waals surface area contributed by atoms with Gasteiger partial charge in [0.1, 0.15) is 17.3 Å². The standard InChI is InChI=1S/C23H19N3O3/c1-3-12-29-22-19(14-25)20(21(23(27)28)26(22)2)16-10-8-15(9-11-16)18-7-5-4-6-17(18)13-24/h4-11H,3,12H2,1-2H3,(H,27,28). The van der Waals surface area contributed by atoms with E-state index in [9.17, 15) is 20.4 Å². The second-order valence-corrected chi connectivity index (χ2v) is 6.46. The summed E-state index contributed by atoms with van der Waals surface area (Å²) < 4.78 is 7.07. The normalized spacial score (nSPS) is 10.2. The molecule has 0 atom stereocenters. The van der Waals surface area contributed by atoms with E-state index < -0.39 is 5.97 Å². The fraction of sp³-hybridized carbons (Fsp3) is 0.174. The van der Waals surface area contributed by atoms with Gasteiger partial charge >= 0.3 is 5.97 Å². The van der Waals surface area contributed by atoms with Gasteiger partial charge in [0.2, 0.25) is 5.88 Å². The molecule has 0 aliphatic heterocycles. The van der Waals surface area contributed by atoms with E-state index in [4.69, 9.17) is 4.74 Å². The summed E-state index contributed by atoms with van der Waals surface area (Å²) in [5, 5.41) is 28.8. The Kier molecular flexibility index (Phi) is 5.66. The first kappa shape index (κ1) is 19.7. The van der Waals surface area contributed by atoms with Gasteiger partial charge in [-0.05, 0) is 29.2 Å². The van der Waals surface area contributed by atoms with Crippen LogP contribution in [0.25, 0.3) is 22.3 Å². The Balaban J connectivity index is 2.15. The fourth-order valence-electron chi connectivity index (χ4n) is 3.31. The summed E-state index contributed by atoms with van der Waals surface area (Å²) in [6, 6.07) is 18.7. The highest BCUT2D eigenvalue weighted by Crippen LogP contribution is 2.37. The van der Waals surface area contributed by atoms with Crippen LogP contribution in [0.3, 0.4) is 0 Å². The molecule has 1 aromatic heterocycles. The Morgan fingerprint density at radius 2 is 1.72 bits per heavy atom. The zero-order valence-corrected chi connectivity index (χ0v) is 16.1. The summed E-state index contributed by atoms with van der Waals surface area (Å²) in [4.78, 5) is 11.9. The second-order valence-electron chi connectivity index (χ2n) is 6.46. The number of carboxylic acid groups (broad SMARTS) is 1. The van der Waals surface area contributed by atoms with E-state index in [1.165, 1.54) is 4.57 Å². The summed E-state index contributed by atoms with van der Waals surface area (Å²) in [6.07, 6.45) is 0.737. The van der Waals surface area contributed by atoms with Crippen molar-refractivity contribution in [1.82, 2.24) is 4.57 Å². The zero-order valence-electron chi connectivity index (χ0n) is 16.1. The van der Waals surface area contributed by atoms with Gasteiger partial charge < -0.3 is 14.4 Å². The molecule has 0 saturated carbocycles. The van der Waals surface area contributed by atoms with Crippen molar-refractivity contribution in [2.45, 2.75) is 13.3 Å². The van der Waals surface area contributed by atoms with Gasteiger partial charge in [0, 0.05) is 12.6 Å². The van der Waals surface area contributed by atoms with Crippen LogP contribution in [0.15, 0.2) is 48.5 Å². The van der Waals surface area contributed by atoms with Gasteiger partial charge in [-0.3, -0.25) is 0 Å². The van der Waals surface area contributed by atoms with E-state index in [-0.39, 0.29) is 17.1 Å². The molecule has 0 aliphatic carbocycles. The molecule has 0 aliphatic rings. The Morgan fingerprint density at radius 1 is 1.07 bits per heavy atom. The molecule has 1 N–H and O–H groups in total. The second kappa shape index (κ2) is 8.33. The van der Waals surface area contributed by atoms with Crippen molar-refractivity contribution in [2.75, 3.05) is 6.61 Å². The maximum atomic E-state index is 11.9. The molecule has 144 valence electrons. The van der Waals surface area contributed by atoms with Gasteiger partial charge in [0.05, 0.1) is 18.2 Å². The molecule has 29 heavy (non-hydrogen) atoms. The van der Waals surface area contributed by atoms with Crippen molar-refractivity contribution in [1.29, 1.82) is 10.5 Å². The Bertz CT molecular complexity index is 1150. The number of aromatic carboxylic acids is 1. The van der Waals surface area contributed by atoms with Crippen LogP contribution in [0, 0.1) is 22.7 Å². The van der Waals surface area contributed by atoms with E-state index in [2.05, 4.69) is 12.1 Å². The third kappa shape index (κ3) is 3.56. The lowest BCUT2D eigenvalue weighted by Crippen LogP contribution is -2.08. The summed E-state index contributed by atoms with van der Waals surface area (Å²) in [5.41, 5.74) is 3.30. The van der Waals surface area contributed by atoms with Crippen LogP contribution < -0.4 is 4.74 Å². The number of hydrogen-bond acceptors (Lipinski definition) is 4.